The number of carbonyl (C=O) groups is 2. The van der Waals surface area contributed by atoms with Gasteiger partial charge in [-0.2, -0.15) is 0 Å². The van der Waals surface area contributed by atoms with Crippen molar-refractivity contribution < 1.29 is 29.3 Å². The number of ether oxygens (including phenoxy) is 2. The number of nitrogen functional groups attached to an aromatic ring is 1. The first-order valence-corrected chi connectivity index (χ1v) is 19.2. The zero-order chi connectivity index (χ0) is 39.4. The lowest BCUT2D eigenvalue weighted by atomic mass is 9.98. The number of nitrogens with one attached hydrogen (secondary N) is 2. The van der Waals surface area contributed by atoms with E-state index in [1.165, 1.54) is 0 Å². The van der Waals surface area contributed by atoms with Gasteiger partial charge in [-0.3, -0.25) is 14.5 Å². The van der Waals surface area contributed by atoms with Crippen molar-refractivity contribution in [1.29, 1.82) is 0 Å². The number of likely N-dealkylation sites (N-methyl/N-ethyl adjacent to an activating group) is 1. The van der Waals surface area contributed by atoms with Gasteiger partial charge < -0.3 is 36.1 Å². The molecule has 1 heterocycles. The normalized spacial score (nSPS) is 17.9. The van der Waals surface area contributed by atoms with Crippen LogP contribution in [0.15, 0.2) is 127 Å². The third-order valence-electron chi connectivity index (χ3n) is 10.4. The van der Waals surface area contributed by atoms with Crippen LogP contribution < -0.4 is 16.4 Å². The summed E-state index contributed by atoms with van der Waals surface area (Å²) in [5, 5.41) is 26.5. The second-order valence-electron chi connectivity index (χ2n) is 14.5. The van der Waals surface area contributed by atoms with Gasteiger partial charge in [0.15, 0.2) is 6.29 Å². The third-order valence-corrected chi connectivity index (χ3v) is 10.4. The van der Waals surface area contributed by atoms with E-state index in [0.29, 0.717) is 37.3 Å². The molecular formula is C46H52N4O6. The van der Waals surface area contributed by atoms with Crippen LogP contribution in [0.2, 0.25) is 0 Å². The number of hydrogen-bond donors (Lipinski definition) is 5. The highest BCUT2D eigenvalue weighted by atomic mass is 16.7. The van der Waals surface area contributed by atoms with E-state index in [1.54, 1.807) is 24.3 Å². The Labute approximate surface area is 329 Å². The first-order chi connectivity index (χ1) is 27.2. The third kappa shape index (κ3) is 10.9. The van der Waals surface area contributed by atoms with E-state index in [-0.39, 0.29) is 49.5 Å². The second-order valence-corrected chi connectivity index (χ2v) is 14.5. The number of aliphatic hydroxyl groups excluding tert-OH is 2. The SMILES string of the molecule is C[C@@H]([C@H](O)c1ccccc1)N(C)C[C@H]1C[C@@H](c2ccc(CO)cc2)O[C@@H](c2ccc(-c3cccc(CNC(=O)CCCC(=O)Nc4ccccc4N)c3)cc2)O1. The first kappa shape index (κ1) is 40.3. The van der Waals surface area contributed by atoms with Crippen molar-refractivity contribution in [1.82, 2.24) is 10.2 Å². The molecule has 10 nitrogen and oxygen atoms in total. The minimum Gasteiger partial charge on any atom is -0.397 e. The summed E-state index contributed by atoms with van der Waals surface area (Å²) in [6.07, 6.45) is -0.146. The van der Waals surface area contributed by atoms with Crippen LogP contribution >= 0.6 is 0 Å². The fourth-order valence-corrected chi connectivity index (χ4v) is 6.91. The molecular weight excluding hydrogens is 705 g/mol. The Kier molecular flexibility index (Phi) is 14.0. The van der Waals surface area contributed by atoms with Gasteiger partial charge >= 0.3 is 0 Å². The van der Waals surface area contributed by atoms with E-state index in [1.807, 2.05) is 111 Å². The average molecular weight is 757 g/mol. The molecule has 1 aliphatic heterocycles. The van der Waals surface area contributed by atoms with Crippen molar-refractivity contribution in [2.45, 2.75) is 76.4 Å². The van der Waals surface area contributed by atoms with Gasteiger partial charge in [0.05, 0.1) is 36.3 Å². The zero-order valence-corrected chi connectivity index (χ0v) is 32.0. The van der Waals surface area contributed by atoms with Gasteiger partial charge in [-0.05, 0) is 72.0 Å². The number of nitrogens with two attached hydrogens (primary N) is 1. The van der Waals surface area contributed by atoms with Gasteiger partial charge in [0.2, 0.25) is 11.8 Å². The fourth-order valence-electron chi connectivity index (χ4n) is 6.91. The maximum absolute atomic E-state index is 12.6. The van der Waals surface area contributed by atoms with Crippen LogP contribution in [-0.4, -0.2) is 52.7 Å². The van der Waals surface area contributed by atoms with Crippen LogP contribution in [0.25, 0.3) is 11.1 Å². The minimum atomic E-state index is -0.646. The van der Waals surface area contributed by atoms with E-state index in [0.717, 1.165) is 38.9 Å². The number of amides is 2. The van der Waals surface area contributed by atoms with Crippen LogP contribution in [-0.2, 0) is 32.2 Å². The molecule has 0 aromatic heterocycles. The van der Waals surface area contributed by atoms with Gasteiger partial charge in [0.1, 0.15) is 0 Å². The number of anilines is 2. The van der Waals surface area contributed by atoms with Crippen molar-refractivity contribution in [3.63, 3.8) is 0 Å². The van der Waals surface area contributed by atoms with E-state index in [4.69, 9.17) is 15.2 Å². The van der Waals surface area contributed by atoms with Crippen LogP contribution in [0.1, 0.15) is 78.9 Å². The Morgan fingerprint density at radius 3 is 2.23 bits per heavy atom. The molecule has 1 saturated heterocycles. The summed E-state index contributed by atoms with van der Waals surface area (Å²) < 4.78 is 13.2. The molecule has 5 atom stereocenters. The average Bonchev–Trinajstić information content (AvgIpc) is 3.23. The van der Waals surface area contributed by atoms with Crippen LogP contribution in [0.5, 0.6) is 0 Å². The molecule has 292 valence electrons. The molecule has 0 unspecified atom stereocenters. The fraction of sp³-hybridized carbons (Fsp3) is 0.304. The maximum Gasteiger partial charge on any atom is 0.224 e. The van der Waals surface area contributed by atoms with Crippen LogP contribution in [0.3, 0.4) is 0 Å². The Balaban J connectivity index is 1.06. The number of rotatable bonds is 16. The summed E-state index contributed by atoms with van der Waals surface area (Å²) in [5.74, 6) is -0.296. The summed E-state index contributed by atoms with van der Waals surface area (Å²) in [4.78, 5) is 27.0. The lowest BCUT2D eigenvalue weighted by Gasteiger charge is -2.39. The lowest BCUT2D eigenvalue weighted by molar-refractivity contribution is -0.253. The van der Waals surface area contributed by atoms with Gasteiger partial charge in [0.25, 0.3) is 0 Å². The molecule has 56 heavy (non-hydrogen) atoms. The standard InChI is InChI=1S/C46H52N4O6/c1-31(45(54)36-11-4-3-5-12-36)50(2)29-39-27-42(35-20-18-32(30-51)19-21-35)56-46(55-39)37-24-22-34(23-25-37)38-13-8-10-33(26-38)28-48-43(52)16-9-17-44(53)49-41-15-7-6-14-40(41)47/h3-8,10-15,18-26,31,39,42,45-46,51,54H,9,16-17,27-30,47H2,1-2H3,(H,48,52)(H,49,53)/t31-,39+,42-,45-,46-/m0/s1. The van der Waals surface area contributed by atoms with Crippen molar-refractivity contribution in [2.24, 2.45) is 0 Å². The van der Waals surface area contributed by atoms with E-state index in [2.05, 4.69) is 21.6 Å². The molecule has 0 saturated carbocycles. The van der Waals surface area contributed by atoms with Gasteiger partial charge in [0, 0.05) is 44.0 Å². The summed E-state index contributed by atoms with van der Waals surface area (Å²) in [5.41, 5.74) is 13.6. The molecule has 0 aliphatic carbocycles. The Hall–Kier alpha value is -5.36. The quantitative estimate of drug-likeness (QED) is 0.0653. The predicted molar refractivity (Wildman–Crippen MR) is 219 cm³/mol. The van der Waals surface area contributed by atoms with Gasteiger partial charge in [-0.1, -0.05) is 109 Å². The summed E-state index contributed by atoms with van der Waals surface area (Å²) in [6.45, 7) is 2.97. The molecule has 6 N–H and O–H groups in total. The molecule has 2 amide bonds. The smallest absolute Gasteiger partial charge is 0.224 e. The lowest BCUT2D eigenvalue weighted by Crippen LogP contribution is -2.43. The predicted octanol–water partition coefficient (Wildman–Crippen LogP) is 7.45. The molecule has 6 rings (SSSR count). The number of para-hydroxylation sites is 2. The maximum atomic E-state index is 12.6. The number of aliphatic hydroxyl groups is 2. The first-order valence-electron chi connectivity index (χ1n) is 19.2. The number of carbonyl (C=O) groups excluding carboxylic acids is 2. The van der Waals surface area contributed by atoms with Crippen LogP contribution in [0.4, 0.5) is 11.4 Å². The highest BCUT2D eigenvalue weighted by Crippen LogP contribution is 2.39. The zero-order valence-electron chi connectivity index (χ0n) is 32.0. The second kappa shape index (κ2) is 19.5. The van der Waals surface area contributed by atoms with Crippen molar-refractivity contribution >= 4 is 23.2 Å². The highest BCUT2D eigenvalue weighted by molar-refractivity contribution is 5.94. The molecule has 5 aromatic rings. The van der Waals surface area contributed by atoms with Gasteiger partial charge in [-0.15, -0.1) is 0 Å². The molecule has 1 aliphatic rings. The number of hydrogen-bond acceptors (Lipinski definition) is 8. The largest absolute Gasteiger partial charge is 0.397 e. The summed E-state index contributed by atoms with van der Waals surface area (Å²) in [7, 11) is 2.01. The van der Waals surface area contributed by atoms with Gasteiger partial charge in [-0.25, -0.2) is 0 Å². The van der Waals surface area contributed by atoms with Crippen molar-refractivity contribution in [3.05, 3.63) is 155 Å². The Morgan fingerprint density at radius 2 is 1.50 bits per heavy atom. The van der Waals surface area contributed by atoms with E-state index < -0.39 is 12.4 Å². The molecule has 0 radical (unpaired) electrons. The van der Waals surface area contributed by atoms with Crippen molar-refractivity contribution in [2.75, 3.05) is 24.6 Å². The molecule has 10 heteroatoms. The summed E-state index contributed by atoms with van der Waals surface area (Å²) >= 11 is 0. The van der Waals surface area contributed by atoms with Crippen molar-refractivity contribution in [3.8, 4) is 11.1 Å². The minimum absolute atomic E-state index is 0.0233. The monoisotopic (exact) mass is 756 g/mol. The van der Waals surface area contributed by atoms with E-state index >= 15 is 0 Å². The highest BCUT2D eigenvalue weighted by Gasteiger charge is 2.34. The topological polar surface area (TPSA) is 146 Å². The Bertz CT molecular complexity index is 2020. The Morgan fingerprint density at radius 1 is 0.804 bits per heavy atom. The molecule has 5 aromatic carbocycles. The summed E-state index contributed by atoms with van der Waals surface area (Å²) in [6, 6.07) is 40.7. The molecule has 0 bridgehead atoms. The number of nitrogens with zero attached hydrogens (tertiary/aromatic N) is 1. The number of benzene rings is 5. The molecule has 0 spiro atoms. The molecule has 1 fully saturated rings. The van der Waals surface area contributed by atoms with Crippen LogP contribution in [0, 0.1) is 0 Å². The van der Waals surface area contributed by atoms with E-state index in [9.17, 15) is 19.8 Å².